The lowest BCUT2D eigenvalue weighted by atomic mass is 10.1. The fourth-order valence-corrected chi connectivity index (χ4v) is 3.35. The number of carbonyl (C=O) groups is 1. The second kappa shape index (κ2) is 7.23. The molecule has 0 bridgehead atoms. The minimum atomic E-state index is -0.490. The van der Waals surface area contributed by atoms with Crippen molar-refractivity contribution in [3.8, 4) is 0 Å². The maximum Gasteiger partial charge on any atom is 0.284 e. The van der Waals surface area contributed by atoms with E-state index >= 15 is 0 Å². The Morgan fingerprint density at radius 1 is 1.12 bits per heavy atom. The molecule has 0 saturated carbocycles. The van der Waals surface area contributed by atoms with E-state index in [1.165, 1.54) is 11.6 Å². The Morgan fingerprint density at radius 2 is 1.84 bits per heavy atom. The standard InChI is InChI=1S/C18H18BrN3O3/c1-13-3-2-4-15(11-13)20-7-9-21(10-8-20)18(23)14-5-6-16(19)17(12-14)22(24)25/h2-6,11-12H,7-10H2,1H3. The highest BCUT2D eigenvalue weighted by Gasteiger charge is 2.24. The number of rotatable bonds is 3. The van der Waals surface area contributed by atoms with Crippen LogP contribution in [0.2, 0.25) is 0 Å². The third-order valence-electron chi connectivity index (χ3n) is 4.32. The molecule has 25 heavy (non-hydrogen) atoms. The van der Waals surface area contributed by atoms with E-state index in [1.54, 1.807) is 17.0 Å². The molecule has 1 saturated heterocycles. The zero-order valence-electron chi connectivity index (χ0n) is 13.8. The number of carbonyl (C=O) groups excluding carboxylic acids is 1. The number of nitrogens with zero attached hydrogens (tertiary/aromatic N) is 3. The van der Waals surface area contributed by atoms with Gasteiger partial charge < -0.3 is 9.80 Å². The van der Waals surface area contributed by atoms with E-state index < -0.39 is 4.92 Å². The van der Waals surface area contributed by atoms with Gasteiger partial charge in [-0.1, -0.05) is 12.1 Å². The number of piperazine rings is 1. The van der Waals surface area contributed by atoms with Crippen molar-refractivity contribution in [2.24, 2.45) is 0 Å². The van der Waals surface area contributed by atoms with Crippen LogP contribution < -0.4 is 4.90 Å². The molecular formula is C18H18BrN3O3. The summed E-state index contributed by atoms with van der Waals surface area (Å²) in [6.07, 6.45) is 0. The van der Waals surface area contributed by atoms with Gasteiger partial charge in [0.15, 0.2) is 0 Å². The third-order valence-corrected chi connectivity index (χ3v) is 4.99. The number of anilines is 1. The topological polar surface area (TPSA) is 66.7 Å². The molecule has 6 nitrogen and oxygen atoms in total. The summed E-state index contributed by atoms with van der Waals surface area (Å²) in [6, 6.07) is 12.8. The number of nitro benzene ring substituents is 1. The van der Waals surface area contributed by atoms with Gasteiger partial charge in [-0.15, -0.1) is 0 Å². The van der Waals surface area contributed by atoms with Crippen molar-refractivity contribution in [1.82, 2.24) is 4.90 Å². The van der Waals surface area contributed by atoms with Crippen LogP contribution >= 0.6 is 15.9 Å². The monoisotopic (exact) mass is 403 g/mol. The Labute approximate surface area is 154 Å². The predicted octanol–water partition coefficient (Wildman–Crippen LogP) is 3.63. The summed E-state index contributed by atoms with van der Waals surface area (Å²) in [7, 11) is 0. The first-order valence-electron chi connectivity index (χ1n) is 8.00. The van der Waals surface area contributed by atoms with Crippen molar-refractivity contribution in [3.63, 3.8) is 0 Å². The number of hydrogen-bond acceptors (Lipinski definition) is 4. The summed E-state index contributed by atoms with van der Waals surface area (Å²) in [5, 5.41) is 11.0. The van der Waals surface area contributed by atoms with Crippen molar-refractivity contribution in [2.75, 3.05) is 31.1 Å². The lowest BCUT2D eigenvalue weighted by Crippen LogP contribution is -2.48. The van der Waals surface area contributed by atoms with Crippen LogP contribution in [0.3, 0.4) is 0 Å². The normalized spacial score (nSPS) is 14.5. The largest absolute Gasteiger partial charge is 0.368 e. The van der Waals surface area contributed by atoms with E-state index in [1.807, 2.05) is 6.07 Å². The van der Waals surface area contributed by atoms with Crippen molar-refractivity contribution >= 4 is 33.2 Å². The van der Waals surface area contributed by atoms with Gasteiger partial charge in [0.05, 0.1) is 9.40 Å². The second-order valence-electron chi connectivity index (χ2n) is 6.04. The Bertz CT molecular complexity index is 817. The SMILES string of the molecule is Cc1cccc(N2CCN(C(=O)c3ccc(Br)c([N+](=O)[O-])c3)CC2)c1. The minimum Gasteiger partial charge on any atom is -0.368 e. The Kier molecular flexibility index (Phi) is 5.03. The first-order valence-corrected chi connectivity index (χ1v) is 8.80. The van der Waals surface area contributed by atoms with E-state index in [9.17, 15) is 14.9 Å². The van der Waals surface area contributed by atoms with Crippen molar-refractivity contribution < 1.29 is 9.72 Å². The molecule has 2 aromatic carbocycles. The summed E-state index contributed by atoms with van der Waals surface area (Å²) >= 11 is 3.14. The third kappa shape index (κ3) is 3.82. The predicted molar refractivity (Wildman–Crippen MR) is 100 cm³/mol. The van der Waals surface area contributed by atoms with Crippen LogP contribution in [0.15, 0.2) is 46.9 Å². The molecule has 0 unspecified atom stereocenters. The lowest BCUT2D eigenvalue weighted by molar-refractivity contribution is -0.385. The maximum atomic E-state index is 12.7. The van der Waals surface area contributed by atoms with Gasteiger partial charge in [0.1, 0.15) is 0 Å². The molecule has 2 aromatic rings. The minimum absolute atomic E-state index is 0.0933. The number of hydrogen-bond donors (Lipinski definition) is 0. The Balaban J connectivity index is 1.69. The number of halogens is 1. The molecule has 1 amide bonds. The van der Waals surface area contributed by atoms with Crippen LogP contribution in [0.5, 0.6) is 0 Å². The van der Waals surface area contributed by atoms with E-state index in [0.29, 0.717) is 23.1 Å². The molecule has 0 spiro atoms. The van der Waals surface area contributed by atoms with Gasteiger partial charge in [-0.25, -0.2) is 0 Å². The van der Waals surface area contributed by atoms with Gasteiger partial charge in [0.2, 0.25) is 0 Å². The second-order valence-corrected chi connectivity index (χ2v) is 6.90. The molecule has 0 aliphatic carbocycles. The molecule has 0 atom stereocenters. The summed E-state index contributed by atoms with van der Waals surface area (Å²) in [4.78, 5) is 27.2. The van der Waals surface area contributed by atoms with Crippen molar-refractivity contribution in [1.29, 1.82) is 0 Å². The highest BCUT2D eigenvalue weighted by molar-refractivity contribution is 9.10. The van der Waals surface area contributed by atoms with E-state index in [4.69, 9.17) is 0 Å². The zero-order valence-corrected chi connectivity index (χ0v) is 15.4. The number of nitro groups is 1. The summed E-state index contributed by atoms with van der Waals surface area (Å²) in [5.74, 6) is -0.167. The first-order chi connectivity index (χ1) is 12.0. The molecule has 0 N–H and O–H groups in total. The quantitative estimate of drug-likeness (QED) is 0.579. The van der Waals surface area contributed by atoms with Crippen LogP contribution in [0.4, 0.5) is 11.4 Å². The van der Waals surface area contributed by atoms with Gasteiger partial charge in [-0.05, 0) is 52.7 Å². The molecular weight excluding hydrogens is 386 g/mol. The molecule has 7 heteroatoms. The summed E-state index contributed by atoms with van der Waals surface area (Å²) in [6.45, 7) is 4.73. The highest BCUT2D eigenvalue weighted by atomic mass is 79.9. The summed E-state index contributed by atoms with van der Waals surface area (Å²) in [5.41, 5.74) is 2.62. The highest BCUT2D eigenvalue weighted by Crippen LogP contribution is 2.26. The molecule has 0 aromatic heterocycles. The lowest BCUT2D eigenvalue weighted by Gasteiger charge is -2.36. The van der Waals surface area contributed by atoms with Gasteiger partial charge >= 0.3 is 0 Å². The van der Waals surface area contributed by atoms with Gasteiger partial charge in [0, 0.05) is 43.5 Å². The fourth-order valence-electron chi connectivity index (χ4n) is 2.96. The van der Waals surface area contributed by atoms with Crippen LogP contribution in [0.1, 0.15) is 15.9 Å². The molecule has 3 rings (SSSR count). The van der Waals surface area contributed by atoms with Gasteiger partial charge in [-0.3, -0.25) is 14.9 Å². The number of aryl methyl sites for hydroxylation is 1. The Hall–Kier alpha value is -2.41. The molecule has 0 radical (unpaired) electrons. The molecule has 1 aliphatic rings. The van der Waals surface area contributed by atoms with Crippen LogP contribution in [-0.4, -0.2) is 41.9 Å². The molecule has 1 heterocycles. The molecule has 1 aliphatic heterocycles. The van der Waals surface area contributed by atoms with Crippen LogP contribution in [0.25, 0.3) is 0 Å². The first kappa shape index (κ1) is 17.4. The average molecular weight is 404 g/mol. The van der Waals surface area contributed by atoms with Gasteiger partial charge in [0.25, 0.3) is 11.6 Å². The molecule has 1 fully saturated rings. The zero-order chi connectivity index (χ0) is 18.0. The maximum absolute atomic E-state index is 12.7. The number of benzene rings is 2. The van der Waals surface area contributed by atoms with E-state index in [0.717, 1.165) is 18.8 Å². The Morgan fingerprint density at radius 3 is 2.48 bits per heavy atom. The van der Waals surface area contributed by atoms with E-state index in [2.05, 4.69) is 46.0 Å². The molecule has 130 valence electrons. The number of amides is 1. The smallest absolute Gasteiger partial charge is 0.284 e. The van der Waals surface area contributed by atoms with Gasteiger partial charge in [-0.2, -0.15) is 0 Å². The fraction of sp³-hybridized carbons (Fsp3) is 0.278. The van der Waals surface area contributed by atoms with E-state index in [-0.39, 0.29) is 11.6 Å². The van der Waals surface area contributed by atoms with Crippen LogP contribution in [0, 0.1) is 17.0 Å². The summed E-state index contributed by atoms with van der Waals surface area (Å²) < 4.78 is 0.373. The van der Waals surface area contributed by atoms with Crippen molar-refractivity contribution in [3.05, 3.63) is 68.2 Å². The van der Waals surface area contributed by atoms with Crippen molar-refractivity contribution in [2.45, 2.75) is 6.92 Å². The average Bonchev–Trinajstić information content (AvgIpc) is 2.61. The van der Waals surface area contributed by atoms with Crippen LogP contribution in [-0.2, 0) is 0 Å².